The number of rotatable bonds is 8. The van der Waals surface area contributed by atoms with Gasteiger partial charge in [-0.25, -0.2) is 4.79 Å². The van der Waals surface area contributed by atoms with Crippen LogP contribution in [0.4, 0.5) is 4.79 Å². The van der Waals surface area contributed by atoms with Gasteiger partial charge in [0.05, 0.1) is 13.2 Å². The van der Waals surface area contributed by atoms with Gasteiger partial charge in [-0.05, 0) is 30.2 Å². The third-order valence-corrected chi connectivity index (χ3v) is 3.53. The molecule has 2 amide bonds. The maximum atomic E-state index is 11.8. The standard InChI is InChI=1S/C19H24N2O3/c1-15-7-9-18(10-8-15)24-12-11-20-19(22)21-13-16-5-3-4-6-17(16)14-23-2/h3-10H,11-14H2,1-2H3,(H2,20,21,22). The van der Waals surface area contributed by atoms with Gasteiger partial charge in [-0.15, -0.1) is 0 Å². The van der Waals surface area contributed by atoms with Gasteiger partial charge in [0.1, 0.15) is 12.4 Å². The lowest BCUT2D eigenvalue weighted by molar-refractivity contribution is 0.184. The monoisotopic (exact) mass is 328 g/mol. The normalized spacial score (nSPS) is 10.2. The molecule has 5 heteroatoms. The van der Waals surface area contributed by atoms with Crippen LogP contribution in [0.15, 0.2) is 48.5 Å². The van der Waals surface area contributed by atoms with Crippen LogP contribution >= 0.6 is 0 Å². The Morgan fingerprint density at radius 3 is 2.42 bits per heavy atom. The van der Waals surface area contributed by atoms with Crippen LogP contribution in [0.3, 0.4) is 0 Å². The Hall–Kier alpha value is -2.53. The Labute approximate surface area is 143 Å². The van der Waals surface area contributed by atoms with Gasteiger partial charge in [0.25, 0.3) is 0 Å². The Balaban J connectivity index is 1.67. The summed E-state index contributed by atoms with van der Waals surface area (Å²) in [6.07, 6.45) is 0. The lowest BCUT2D eigenvalue weighted by Gasteiger charge is -2.11. The number of urea groups is 1. The number of aryl methyl sites for hydroxylation is 1. The molecule has 0 saturated heterocycles. The van der Waals surface area contributed by atoms with E-state index >= 15 is 0 Å². The van der Waals surface area contributed by atoms with Crippen LogP contribution in [-0.2, 0) is 17.9 Å². The van der Waals surface area contributed by atoms with Gasteiger partial charge in [0.2, 0.25) is 0 Å². The number of hydrogen-bond acceptors (Lipinski definition) is 3. The van der Waals surface area contributed by atoms with E-state index in [9.17, 15) is 4.79 Å². The zero-order valence-corrected chi connectivity index (χ0v) is 14.2. The van der Waals surface area contributed by atoms with E-state index in [1.807, 2.05) is 55.5 Å². The smallest absolute Gasteiger partial charge is 0.315 e. The Morgan fingerprint density at radius 2 is 1.71 bits per heavy atom. The second-order valence-corrected chi connectivity index (χ2v) is 5.47. The number of carbonyl (C=O) groups excluding carboxylic acids is 1. The topological polar surface area (TPSA) is 59.6 Å². The van der Waals surface area contributed by atoms with E-state index in [1.165, 1.54) is 5.56 Å². The zero-order chi connectivity index (χ0) is 17.2. The lowest BCUT2D eigenvalue weighted by Crippen LogP contribution is -2.37. The molecule has 0 spiro atoms. The summed E-state index contributed by atoms with van der Waals surface area (Å²) in [7, 11) is 1.66. The maximum Gasteiger partial charge on any atom is 0.315 e. The van der Waals surface area contributed by atoms with E-state index in [4.69, 9.17) is 9.47 Å². The Kier molecular flexibility index (Phi) is 7.11. The fraction of sp³-hybridized carbons (Fsp3) is 0.316. The van der Waals surface area contributed by atoms with Crippen molar-refractivity contribution in [1.29, 1.82) is 0 Å². The number of ether oxygens (including phenoxy) is 2. The Bertz CT molecular complexity index is 641. The molecule has 0 unspecified atom stereocenters. The second-order valence-electron chi connectivity index (χ2n) is 5.47. The molecule has 0 fully saturated rings. The predicted octanol–water partition coefficient (Wildman–Crippen LogP) is 3.02. The highest BCUT2D eigenvalue weighted by molar-refractivity contribution is 5.73. The number of benzene rings is 2. The minimum atomic E-state index is -0.213. The molecular formula is C19H24N2O3. The van der Waals surface area contributed by atoms with E-state index in [0.717, 1.165) is 16.9 Å². The number of hydrogen-bond donors (Lipinski definition) is 2. The molecule has 0 aliphatic rings. The van der Waals surface area contributed by atoms with Gasteiger partial charge in [0, 0.05) is 13.7 Å². The summed E-state index contributed by atoms with van der Waals surface area (Å²) >= 11 is 0. The lowest BCUT2D eigenvalue weighted by atomic mass is 10.1. The first kappa shape index (κ1) is 17.8. The quantitative estimate of drug-likeness (QED) is 0.732. The molecule has 5 nitrogen and oxygen atoms in total. The molecule has 0 aromatic heterocycles. The van der Waals surface area contributed by atoms with E-state index in [1.54, 1.807) is 7.11 Å². The third kappa shape index (κ3) is 5.93. The van der Waals surface area contributed by atoms with Gasteiger partial charge in [-0.3, -0.25) is 0 Å². The summed E-state index contributed by atoms with van der Waals surface area (Å²) in [5, 5.41) is 5.62. The van der Waals surface area contributed by atoms with Crippen molar-refractivity contribution in [2.75, 3.05) is 20.3 Å². The molecule has 128 valence electrons. The van der Waals surface area contributed by atoms with Crippen molar-refractivity contribution in [2.24, 2.45) is 0 Å². The number of nitrogens with one attached hydrogen (secondary N) is 2. The van der Waals surface area contributed by atoms with Crippen LogP contribution in [0.2, 0.25) is 0 Å². The highest BCUT2D eigenvalue weighted by atomic mass is 16.5. The summed E-state index contributed by atoms with van der Waals surface area (Å²) in [6.45, 7) is 3.89. The minimum absolute atomic E-state index is 0.213. The van der Waals surface area contributed by atoms with E-state index in [-0.39, 0.29) is 6.03 Å². The molecule has 0 bridgehead atoms. The summed E-state index contributed by atoms with van der Waals surface area (Å²) in [6, 6.07) is 15.5. The van der Waals surface area contributed by atoms with Crippen molar-refractivity contribution in [3.63, 3.8) is 0 Å². The fourth-order valence-electron chi connectivity index (χ4n) is 2.23. The molecule has 0 aliphatic heterocycles. The Morgan fingerprint density at radius 1 is 1.00 bits per heavy atom. The van der Waals surface area contributed by atoms with E-state index in [2.05, 4.69) is 10.6 Å². The fourth-order valence-corrected chi connectivity index (χ4v) is 2.23. The van der Waals surface area contributed by atoms with Gasteiger partial charge >= 0.3 is 6.03 Å². The zero-order valence-electron chi connectivity index (χ0n) is 14.2. The molecular weight excluding hydrogens is 304 g/mol. The highest BCUT2D eigenvalue weighted by Crippen LogP contribution is 2.11. The second kappa shape index (κ2) is 9.57. The average Bonchev–Trinajstić information content (AvgIpc) is 2.60. The van der Waals surface area contributed by atoms with E-state index in [0.29, 0.717) is 26.3 Å². The third-order valence-electron chi connectivity index (χ3n) is 3.53. The van der Waals surface area contributed by atoms with Crippen molar-refractivity contribution in [3.05, 3.63) is 65.2 Å². The first-order valence-electron chi connectivity index (χ1n) is 7.96. The van der Waals surface area contributed by atoms with Crippen LogP contribution in [0.1, 0.15) is 16.7 Å². The number of methoxy groups -OCH3 is 1. The summed E-state index contributed by atoms with van der Waals surface area (Å²) in [5.74, 6) is 0.802. The minimum Gasteiger partial charge on any atom is -0.492 e. The van der Waals surface area contributed by atoms with Crippen molar-refractivity contribution in [2.45, 2.75) is 20.1 Å². The van der Waals surface area contributed by atoms with Gasteiger partial charge in [0.15, 0.2) is 0 Å². The van der Waals surface area contributed by atoms with Crippen LogP contribution < -0.4 is 15.4 Å². The molecule has 2 aromatic carbocycles. The molecule has 0 atom stereocenters. The molecule has 0 heterocycles. The average molecular weight is 328 g/mol. The SMILES string of the molecule is COCc1ccccc1CNC(=O)NCCOc1ccc(C)cc1. The predicted molar refractivity (Wildman–Crippen MR) is 94.1 cm³/mol. The number of amides is 2. The summed E-state index contributed by atoms with van der Waals surface area (Å²) in [4.78, 5) is 11.8. The molecule has 0 radical (unpaired) electrons. The van der Waals surface area contributed by atoms with Gasteiger partial charge < -0.3 is 20.1 Å². The van der Waals surface area contributed by atoms with Crippen molar-refractivity contribution < 1.29 is 14.3 Å². The van der Waals surface area contributed by atoms with Gasteiger partial charge in [-0.2, -0.15) is 0 Å². The molecule has 2 N–H and O–H groups in total. The molecule has 2 rings (SSSR count). The van der Waals surface area contributed by atoms with Crippen LogP contribution in [0, 0.1) is 6.92 Å². The van der Waals surface area contributed by atoms with Crippen LogP contribution in [0.25, 0.3) is 0 Å². The maximum absolute atomic E-state index is 11.8. The molecule has 24 heavy (non-hydrogen) atoms. The number of carbonyl (C=O) groups is 1. The summed E-state index contributed by atoms with van der Waals surface area (Å²) < 4.78 is 10.7. The van der Waals surface area contributed by atoms with Crippen LogP contribution in [-0.4, -0.2) is 26.3 Å². The molecule has 0 saturated carbocycles. The first-order chi connectivity index (χ1) is 11.7. The van der Waals surface area contributed by atoms with Gasteiger partial charge in [-0.1, -0.05) is 42.0 Å². The largest absolute Gasteiger partial charge is 0.492 e. The summed E-state index contributed by atoms with van der Waals surface area (Å²) in [5.41, 5.74) is 3.31. The van der Waals surface area contributed by atoms with E-state index < -0.39 is 0 Å². The molecule has 2 aromatic rings. The van der Waals surface area contributed by atoms with Crippen molar-refractivity contribution >= 4 is 6.03 Å². The first-order valence-corrected chi connectivity index (χ1v) is 7.96. The van der Waals surface area contributed by atoms with Crippen LogP contribution in [0.5, 0.6) is 5.75 Å². The molecule has 0 aliphatic carbocycles. The highest BCUT2D eigenvalue weighted by Gasteiger charge is 2.04. The van der Waals surface area contributed by atoms with Crippen molar-refractivity contribution in [3.8, 4) is 5.75 Å². The van der Waals surface area contributed by atoms with Crippen molar-refractivity contribution in [1.82, 2.24) is 10.6 Å².